The van der Waals surface area contributed by atoms with Crippen molar-refractivity contribution in [1.29, 1.82) is 5.26 Å². The van der Waals surface area contributed by atoms with E-state index in [0.29, 0.717) is 19.1 Å². The van der Waals surface area contributed by atoms with Gasteiger partial charge in [-0.3, -0.25) is 9.69 Å². The summed E-state index contributed by atoms with van der Waals surface area (Å²) >= 11 is 0. The van der Waals surface area contributed by atoms with Crippen molar-refractivity contribution in [2.75, 3.05) is 26.2 Å². The van der Waals surface area contributed by atoms with E-state index in [0.717, 1.165) is 30.9 Å². The van der Waals surface area contributed by atoms with Gasteiger partial charge in [0.1, 0.15) is 11.6 Å². The molecule has 150 valence electrons. The molecule has 5 nitrogen and oxygen atoms in total. The van der Waals surface area contributed by atoms with Crippen LogP contribution in [0.25, 0.3) is 6.08 Å². The molecule has 2 fully saturated rings. The fraction of sp³-hybridized carbons (Fsp3) is 0.417. The van der Waals surface area contributed by atoms with E-state index in [1.54, 1.807) is 6.08 Å². The lowest BCUT2D eigenvalue weighted by Crippen LogP contribution is -2.48. The molecule has 5 heteroatoms. The molecular weight excluding hydrogens is 360 g/mol. The Morgan fingerprint density at radius 1 is 1.14 bits per heavy atom. The van der Waals surface area contributed by atoms with Gasteiger partial charge in [-0.1, -0.05) is 30.3 Å². The van der Waals surface area contributed by atoms with Crippen LogP contribution < -0.4 is 0 Å². The first-order valence-electron chi connectivity index (χ1n) is 10.4. The maximum atomic E-state index is 13.0. The van der Waals surface area contributed by atoms with Crippen LogP contribution in [0.1, 0.15) is 41.4 Å². The number of hydrogen-bond donors (Lipinski definition) is 0. The highest BCUT2D eigenvalue weighted by molar-refractivity contribution is 6.01. The molecule has 0 atom stereocenters. The predicted octanol–water partition coefficient (Wildman–Crippen LogP) is 3.69. The Labute approximate surface area is 172 Å². The second-order valence-corrected chi connectivity index (χ2v) is 8.15. The molecule has 0 bridgehead atoms. The van der Waals surface area contributed by atoms with Crippen molar-refractivity contribution >= 4 is 12.0 Å². The number of amides is 1. The molecule has 1 saturated heterocycles. The van der Waals surface area contributed by atoms with Crippen LogP contribution in [0.3, 0.4) is 0 Å². The number of aromatic nitrogens is 1. The van der Waals surface area contributed by atoms with Crippen LogP contribution in [0.15, 0.2) is 42.0 Å². The van der Waals surface area contributed by atoms with Crippen LogP contribution >= 0.6 is 0 Å². The molecule has 0 spiro atoms. The highest BCUT2D eigenvalue weighted by Gasteiger charge is 2.28. The predicted molar refractivity (Wildman–Crippen MR) is 114 cm³/mol. The zero-order chi connectivity index (χ0) is 20.4. The average molecular weight is 389 g/mol. The van der Waals surface area contributed by atoms with E-state index in [-0.39, 0.29) is 11.5 Å². The van der Waals surface area contributed by atoms with Gasteiger partial charge in [-0.15, -0.1) is 0 Å². The summed E-state index contributed by atoms with van der Waals surface area (Å²) in [6, 6.07) is 15.2. The van der Waals surface area contributed by atoms with Crippen molar-refractivity contribution in [2.24, 2.45) is 0 Å². The number of nitriles is 1. The molecule has 1 aromatic carbocycles. The van der Waals surface area contributed by atoms with Crippen LogP contribution in [0, 0.1) is 25.2 Å². The van der Waals surface area contributed by atoms with Gasteiger partial charge in [0.05, 0.1) is 0 Å². The summed E-state index contributed by atoms with van der Waals surface area (Å²) in [6.45, 7) is 8.06. The number of rotatable bonds is 5. The topological polar surface area (TPSA) is 52.3 Å². The second kappa shape index (κ2) is 8.26. The summed E-state index contributed by atoms with van der Waals surface area (Å²) in [5.74, 6) is -0.150. The minimum Gasteiger partial charge on any atom is -0.346 e. The van der Waals surface area contributed by atoms with Crippen molar-refractivity contribution in [3.63, 3.8) is 0 Å². The lowest BCUT2D eigenvalue weighted by Gasteiger charge is -2.34. The van der Waals surface area contributed by atoms with Gasteiger partial charge in [0.2, 0.25) is 0 Å². The van der Waals surface area contributed by atoms with Gasteiger partial charge in [-0.2, -0.15) is 5.26 Å². The monoisotopic (exact) mass is 388 g/mol. The van der Waals surface area contributed by atoms with Crippen LogP contribution in [0.2, 0.25) is 0 Å². The van der Waals surface area contributed by atoms with Crippen molar-refractivity contribution in [2.45, 2.75) is 39.3 Å². The molecule has 1 saturated carbocycles. The van der Waals surface area contributed by atoms with Gasteiger partial charge in [-0.05, 0) is 50.0 Å². The number of piperazine rings is 1. The largest absolute Gasteiger partial charge is 0.346 e. The lowest BCUT2D eigenvalue weighted by molar-refractivity contribution is -0.128. The van der Waals surface area contributed by atoms with Gasteiger partial charge in [0.15, 0.2) is 0 Å². The number of carbonyl (C=O) groups is 1. The summed E-state index contributed by atoms with van der Waals surface area (Å²) in [5.41, 5.74) is 4.87. The molecule has 2 heterocycles. The lowest BCUT2D eigenvalue weighted by atomic mass is 10.1. The Kier molecular flexibility index (Phi) is 5.55. The maximum absolute atomic E-state index is 13.0. The van der Waals surface area contributed by atoms with Gasteiger partial charge in [0.25, 0.3) is 5.91 Å². The molecule has 0 N–H and O–H groups in total. The Balaban J connectivity index is 1.41. The summed E-state index contributed by atoms with van der Waals surface area (Å²) < 4.78 is 2.34. The van der Waals surface area contributed by atoms with Crippen LogP contribution in [0.5, 0.6) is 0 Å². The Morgan fingerprint density at radius 3 is 2.45 bits per heavy atom. The third-order valence-corrected chi connectivity index (χ3v) is 5.99. The van der Waals surface area contributed by atoms with Gasteiger partial charge >= 0.3 is 0 Å². The summed E-state index contributed by atoms with van der Waals surface area (Å²) in [6.07, 6.45) is 4.22. The van der Waals surface area contributed by atoms with Gasteiger partial charge < -0.3 is 9.47 Å². The SMILES string of the molecule is Cc1cc(/C=C(/C#N)C(=O)N2CCN(Cc3ccccc3)CC2)c(C)n1C1CC1. The number of benzene rings is 1. The zero-order valence-corrected chi connectivity index (χ0v) is 17.3. The Morgan fingerprint density at radius 2 is 1.83 bits per heavy atom. The van der Waals surface area contributed by atoms with Crippen LogP contribution in [-0.4, -0.2) is 46.5 Å². The van der Waals surface area contributed by atoms with E-state index in [2.05, 4.69) is 59.7 Å². The maximum Gasteiger partial charge on any atom is 0.264 e. The normalized spacial score (nSPS) is 18.0. The van der Waals surface area contributed by atoms with Crippen LogP contribution in [0.4, 0.5) is 0 Å². The van der Waals surface area contributed by atoms with E-state index in [4.69, 9.17) is 0 Å². The second-order valence-electron chi connectivity index (χ2n) is 8.15. The van der Waals surface area contributed by atoms with Crippen molar-refractivity contribution in [1.82, 2.24) is 14.4 Å². The molecule has 1 aromatic heterocycles. The van der Waals surface area contributed by atoms with Crippen molar-refractivity contribution in [3.05, 3.63) is 64.5 Å². The van der Waals surface area contributed by atoms with E-state index < -0.39 is 0 Å². The van der Waals surface area contributed by atoms with Crippen molar-refractivity contribution in [3.8, 4) is 6.07 Å². The molecule has 1 aliphatic heterocycles. The fourth-order valence-electron chi connectivity index (χ4n) is 4.26. The smallest absolute Gasteiger partial charge is 0.264 e. The van der Waals surface area contributed by atoms with Crippen LogP contribution in [-0.2, 0) is 11.3 Å². The minimum absolute atomic E-state index is 0.150. The molecular formula is C24H28N4O. The number of hydrogen-bond acceptors (Lipinski definition) is 3. The molecule has 4 rings (SSSR count). The number of aryl methyl sites for hydroxylation is 1. The third-order valence-electron chi connectivity index (χ3n) is 5.99. The third kappa shape index (κ3) is 4.28. The minimum atomic E-state index is -0.150. The fourth-order valence-corrected chi connectivity index (χ4v) is 4.26. The van der Waals surface area contributed by atoms with Gasteiger partial charge in [-0.25, -0.2) is 0 Å². The highest BCUT2D eigenvalue weighted by atomic mass is 16.2. The van der Waals surface area contributed by atoms with E-state index in [1.165, 1.54) is 24.1 Å². The number of nitrogens with zero attached hydrogens (tertiary/aromatic N) is 4. The average Bonchev–Trinajstić information content (AvgIpc) is 3.52. The quantitative estimate of drug-likeness (QED) is 0.580. The van der Waals surface area contributed by atoms with Gasteiger partial charge in [0, 0.05) is 50.2 Å². The van der Waals surface area contributed by atoms with E-state index in [9.17, 15) is 10.1 Å². The molecule has 29 heavy (non-hydrogen) atoms. The zero-order valence-electron chi connectivity index (χ0n) is 17.3. The first-order valence-corrected chi connectivity index (χ1v) is 10.4. The molecule has 2 aromatic rings. The molecule has 1 aliphatic carbocycles. The van der Waals surface area contributed by atoms with Crippen molar-refractivity contribution < 1.29 is 4.79 Å². The van der Waals surface area contributed by atoms with E-state index >= 15 is 0 Å². The van der Waals surface area contributed by atoms with E-state index in [1.807, 2.05) is 11.0 Å². The summed E-state index contributed by atoms with van der Waals surface area (Å²) in [4.78, 5) is 17.1. The Bertz CT molecular complexity index is 955. The molecule has 0 unspecified atom stereocenters. The Hall–Kier alpha value is -2.84. The first-order chi connectivity index (χ1) is 14.1. The molecule has 1 amide bonds. The summed E-state index contributed by atoms with van der Waals surface area (Å²) in [7, 11) is 0. The summed E-state index contributed by atoms with van der Waals surface area (Å²) in [5, 5.41) is 9.64. The number of carbonyl (C=O) groups excluding carboxylic acids is 1. The molecule has 0 radical (unpaired) electrons. The molecule has 2 aliphatic rings. The highest BCUT2D eigenvalue weighted by Crippen LogP contribution is 2.38. The first kappa shape index (κ1) is 19.5. The standard InChI is InChI=1S/C24H28N4O/c1-18-14-21(19(2)28(18)23-8-9-23)15-22(16-25)24(29)27-12-10-26(11-13-27)17-20-6-4-3-5-7-20/h3-7,14-15,23H,8-13,17H2,1-2H3/b22-15-.